The van der Waals surface area contributed by atoms with E-state index in [1.807, 2.05) is 12.1 Å². The van der Waals surface area contributed by atoms with Crippen LogP contribution in [-0.4, -0.2) is 50.2 Å². The Kier molecular flexibility index (Phi) is 4.76. The number of piperidine rings is 1. The molecule has 2 aliphatic rings. The molecule has 4 heteroatoms. The summed E-state index contributed by atoms with van der Waals surface area (Å²) in [5, 5.41) is 3.45. The van der Waals surface area contributed by atoms with Gasteiger partial charge < -0.3 is 10.2 Å². The Morgan fingerprint density at radius 1 is 1.05 bits per heavy atom. The van der Waals surface area contributed by atoms with Crippen LogP contribution in [-0.2, 0) is 0 Å². The van der Waals surface area contributed by atoms with Gasteiger partial charge in [-0.2, -0.15) is 0 Å². The monoisotopic (exact) mass is 291 g/mol. The van der Waals surface area contributed by atoms with Crippen LogP contribution in [0.4, 0.5) is 10.1 Å². The molecule has 1 atom stereocenters. The number of hydrogen-bond donors (Lipinski definition) is 1. The maximum Gasteiger partial charge on any atom is 0.123 e. The van der Waals surface area contributed by atoms with Gasteiger partial charge in [0.25, 0.3) is 0 Å². The van der Waals surface area contributed by atoms with Crippen molar-refractivity contribution in [1.82, 2.24) is 10.2 Å². The third-order valence-electron chi connectivity index (χ3n) is 5.15. The fourth-order valence-corrected chi connectivity index (χ4v) is 3.66. The zero-order chi connectivity index (χ0) is 14.7. The fraction of sp³-hybridized carbons (Fsp3) is 0.647. The van der Waals surface area contributed by atoms with E-state index in [4.69, 9.17) is 0 Å². The van der Waals surface area contributed by atoms with E-state index in [1.54, 1.807) is 12.1 Å². The first kappa shape index (κ1) is 14.8. The van der Waals surface area contributed by atoms with Crippen LogP contribution in [0.2, 0.25) is 0 Å². The number of nitrogens with zero attached hydrogens (tertiary/aromatic N) is 2. The third kappa shape index (κ3) is 3.55. The fourth-order valence-electron chi connectivity index (χ4n) is 3.66. The van der Waals surface area contributed by atoms with Crippen LogP contribution < -0.4 is 10.2 Å². The highest BCUT2D eigenvalue weighted by Crippen LogP contribution is 2.23. The van der Waals surface area contributed by atoms with Gasteiger partial charge in [0.2, 0.25) is 0 Å². The van der Waals surface area contributed by atoms with Gasteiger partial charge in [-0.3, -0.25) is 4.90 Å². The molecule has 21 heavy (non-hydrogen) atoms. The van der Waals surface area contributed by atoms with E-state index in [9.17, 15) is 4.39 Å². The SMILES string of the molecule is CC(C1CCNCC1)N1CCN(c2ccc(F)cc2)CC1. The first-order chi connectivity index (χ1) is 10.2. The lowest BCUT2D eigenvalue weighted by molar-refractivity contribution is 0.127. The Balaban J connectivity index is 1.53. The van der Waals surface area contributed by atoms with Gasteiger partial charge in [0.05, 0.1) is 0 Å². The van der Waals surface area contributed by atoms with E-state index in [0.29, 0.717) is 6.04 Å². The van der Waals surface area contributed by atoms with E-state index in [1.165, 1.54) is 25.9 Å². The molecule has 1 N–H and O–H groups in total. The number of anilines is 1. The smallest absolute Gasteiger partial charge is 0.123 e. The van der Waals surface area contributed by atoms with Gasteiger partial charge in [-0.25, -0.2) is 4.39 Å². The lowest BCUT2D eigenvalue weighted by Crippen LogP contribution is -2.52. The zero-order valence-corrected chi connectivity index (χ0v) is 12.9. The maximum atomic E-state index is 13.0. The largest absolute Gasteiger partial charge is 0.369 e. The summed E-state index contributed by atoms with van der Waals surface area (Å²) in [5.74, 6) is 0.681. The molecular formula is C17H26FN3. The van der Waals surface area contributed by atoms with E-state index in [-0.39, 0.29) is 5.82 Å². The molecule has 3 nitrogen and oxygen atoms in total. The van der Waals surface area contributed by atoms with Gasteiger partial charge in [0, 0.05) is 37.9 Å². The Labute approximate surface area is 127 Å². The average molecular weight is 291 g/mol. The van der Waals surface area contributed by atoms with Gasteiger partial charge in [0.1, 0.15) is 5.82 Å². The first-order valence-corrected chi connectivity index (χ1v) is 8.19. The van der Waals surface area contributed by atoms with Crippen molar-refractivity contribution in [2.45, 2.75) is 25.8 Å². The van der Waals surface area contributed by atoms with Gasteiger partial charge >= 0.3 is 0 Å². The van der Waals surface area contributed by atoms with Crippen molar-refractivity contribution in [2.75, 3.05) is 44.2 Å². The lowest BCUT2D eigenvalue weighted by atomic mass is 9.90. The van der Waals surface area contributed by atoms with Crippen molar-refractivity contribution >= 4 is 5.69 Å². The molecule has 1 aromatic rings. The number of piperazine rings is 1. The third-order valence-corrected chi connectivity index (χ3v) is 5.15. The molecule has 0 saturated carbocycles. The predicted molar refractivity (Wildman–Crippen MR) is 85.2 cm³/mol. The normalized spacial score (nSPS) is 23.2. The van der Waals surface area contributed by atoms with E-state index < -0.39 is 0 Å². The molecule has 3 rings (SSSR count). The highest BCUT2D eigenvalue weighted by atomic mass is 19.1. The Hall–Kier alpha value is -1.13. The van der Waals surface area contributed by atoms with Crippen LogP contribution in [0.15, 0.2) is 24.3 Å². The summed E-state index contributed by atoms with van der Waals surface area (Å²) in [4.78, 5) is 5.00. The summed E-state index contributed by atoms with van der Waals surface area (Å²) in [6.07, 6.45) is 2.61. The molecule has 1 aromatic carbocycles. The van der Waals surface area contributed by atoms with Gasteiger partial charge in [-0.05, 0) is 63.0 Å². The second-order valence-electron chi connectivity index (χ2n) is 6.33. The minimum atomic E-state index is -0.156. The molecule has 0 radical (unpaired) electrons. The molecule has 0 amide bonds. The van der Waals surface area contributed by atoms with E-state index in [2.05, 4.69) is 22.0 Å². The van der Waals surface area contributed by atoms with Crippen LogP contribution in [0.3, 0.4) is 0 Å². The van der Waals surface area contributed by atoms with Crippen molar-refractivity contribution in [3.8, 4) is 0 Å². The predicted octanol–water partition coefficient (Wildman–Crippen LogP) is 2.34. The first-order valence-electron chi connectivity index (χ1n) is 8.19. The summed E-state index contributed by atoms with van der Waals surface area (Å²) in [6, 6.07) is 7.57. The summed E-state index contributed by atoms with van der Waals surface area (Å²) in [7, 11) is 0. The summed E-state index contributed by atoms with van der Waals surface area (Å²) < 4.78 is 13.0. The minimum Gasteiger partial charge on any atom is -0.369 e. The van der Waals surface area contributed by atoms with Crippen LogP contribution in [0, 0.1) is 11.7 Å². The van der Waals surface area contributed by atoms with E-state index >= 15 is 0 Å². The van der Waals surface area contributed by atoms with Crippen molar-refractivity contribution in [3.05, 3.63) is 30.1 Å². The van der Waals surface area contributed by atoms with Gasteiger partial charge in [0.15, 0.2) is 0 Å². The zero-order valence-electron chi connectivity index (χ0n) is 12.9. The topological polar surface area (TPSA) is 18.5 Å². The Morgan fingerprint density at radius 3 is 2.29 bits per heavy atom. The molecule has 0 aliphatic carbocycles. The van der Waals surface area contributed by atoms with Crippen molar-refractivity contribution in [3.63, 3.8) is 0 Å². The molecule has 0 spiro atoms. The number of hydrogen-bond acceptors (Lipinski definition) is 3. The number of nitrogens with one attached hydrogen (secondary N) is 1. The quantitative estimate of drug-likeness (QED) is 0.922. The molecule has 116 valence electrons. The van der Waals surface area contributed by atoms with Crippen LogP contribution in [0.5, 0.6) is 0 Å². The highest BCUT2D eigenvalue weighted by molar-refractivity contribution is 5.46. The minimum absolute atomic E-state index is 0.156. The maximum absolute atomic E-state index is 13.0. The van der Waals surface area contributed by atoms with Gasteiger partial charge in [-0.15, -0.1) is 0 Å². The van der Waals surface area contributed by atoms with Gasteiger partial charge in [-0.1, -0.05) is 0 Å². The number of halogens is 1. The molecule has 1 unspecified atom stereocenters. The second kappa shape index (κ2) is 6.75. The molecule has 2 fully saturated rings. The number of rotatable bonds is 3. The standard InChI is InChI=1S/C17H26FN3/c1-14(15-6-8-19-9-7-15)20-10-12-21(13-11-20)17-4-2-16(18)3-5-17/h2-5,14-15,19H,6-13H2,1H3. The van der Waals surface area contributed by atoms with Crippen molar-refractivity contribution in [2.24, 2.45) is 5.92 Å². The average Bonchev–Trinajstić information content (AvgIpc) is 2.56. The van der Waals surface area contributed by atoms with Crippen molar-refractivity contribution in [1.29, 1.82) is 0 Å². The summed E-state index contributed by atoms with van der Waals surface area (Å²) in [5.41, 5.74) is 1.14. The van der Waals surface area contributed by atoms with Crippen LogP contribution in [0.1, 0.15) is 19.8 Å². The molecule has 0 aromatic heterocycles. The van der Waals surface area contributed by atoms with Crippen molar-refractivity contribution < 1.29 is 4.39 Å². The second-order valence-corrected chi connectivity index (χ2v) is 6.33. The Morgan fingerprint density at radius 2 is 1.67 bits per heavy atom. The molecule has 0 bridgehead atoms. The molecule has 2 saturated heterocycles. The number of benzene rings is 1. The molecule has 2 aliphatic heterocycles. The van der Waals surface area contributed by atoms with Crippen LogP contribution >= 0.6 is 0 Å². The summed E-state index contributed by atoms with van der Waals surface area (Å²) in [6.45, 7) is 9.05. The molecule has 2 heterocycles. The lowest BCUT2D eigenvalue weighted by Gasteiger charge is -2.42. The highest BCUT2D eigenvalue weighted by Gasteiger charge is 2.27. The molecular weight excluding hydrogens is 265 g/mol. The van der Waals surface area contributed by atoms with Crippen LogP contribution in [0.25, 0.3) is 0 Å². The Bertz CT molecular complexity index is 434. The summed E-state index contributed by atoms with van der Waals surface area (Å²) >= 11 is 0. The van der Waals surface area contributed by atoms with E-state index in [0.717, 1.165) is 37.8 Å².